The Balaban J connectivity index is 2.14. The molecule has 2 heterocycles. The van der Waals surface area contributed by atoms with E-state index in [1.807, 2.05) is 12.3 Å². The Kier molecular flexibility index (Phi) is 4.01. The van der Waals surface area contributed by atoms with E-state index in [-0.39, 0.29) is 5.54 Å². The van der Waals surface area contributed by atoms with Gasteiger partial charge in [0.25, 0.3) is 0 Å². The minimum atomic E-state index is -0.0640. The molecule has 0 saturated carbocycles. The number of aryl methyl sites for hydroxylation is 1. The average molecular weight is 300 g/mol. The summed E-state index contributed by atoms with van der Waals surface area (Å²) in [6.07, 6.45) is 3.68. The van der Waals surface area contributed by atoms with Crippen LogP contribution in [-0.2, 0) is 4.74 Å². The first-order chi connectivity index (χ1) is 8.15. The molecule has 94 valence electrons. The first-order valence-electron chi connectivity index (χ1n) is 5.83. The molecule has 1 aliphatic heterocycles. The molecule has 1 aromatic heterocycles. The van der Waals surface area contributed by atoms with E-state index in [4.69, 9.17) is 10.5 Å². The van der Waals surface area contributed by atoms with E-state index in [0.29, 0.717) is 6.54 Å². The maximum Gasteiger partial charge on any atom is 0.126 e. The highest BCUT2D eigenvalue weighted by atomic mass is 79.9. The van der Waals surface area contributed by atoms with Gasteiger partial charge in [-0.25, -0.2) is 4.98 Å². The van der Waals surface area contributed by atoms with E-state index in [1.54, 1.807) is 0 Å². The summed E-state index contributed by atoms with van der Waals surface area (Å²) in [5.41, 5.74) is 7.00. The predicted molar refractivity (Wildman–Crippen MR) is 72.1 cm³/mol. The van der Waals surface area contributed by atoms with Gasteiger partial charge in [0, 0.05) is 30.4 Å². The minimum Gasteiger partial charge on any atom is -0.381 e. The molecule has 0 aromatic carbocycles. The van der Waals surface area contributed by atoms with E-state index >= 15 is 0 Å². The van der Waals surface area contributed by atoms with Gasteiger partial charge in [0.05, 0.1) is 5.54 Å². The molecule has 0 radical (unpaired) electrons. The average Bonchev–Trinajstić information content (AvgIpc) is 2.35. The predicted octanol–water partition coefficient (Wildman–Crippen LogP) is 2.07. The molecular weight excluding hydrogens is 282 g/mol. The van der Waals surface area contributed by atoms with Gasteiger partial charge in [0.2, 0.25) is 0 Å². The van der Waals surface area contributed by atoms with Crippen molar-refractivity contribution in [3.8, 4) is 0 Å². The molecule has 1 saturated heterocycles. The normalized spacial score (nSPS) is 19.0. The number of rotatable bonds is 3. The lowest BCUT2D eigenvalue weighted by atomic mass is 9.90. The molecule has 1 aromatic rings. The van der Waals surface area contributed by atoms with Gasteiger partial charge in [-0.2, -0.15) is 0 Å². The van der Waals surface area contributed by atoms with Crippen LogP contribution in [0, 0.1) is 6.92 Å². The minimum absolute atomic E-state index is 0.0640. The Morgan fingerprint density at radius 3 is 2.82 bits per heavy atom. The van der Waals surface area contributed by atoms with Gasteiger partial charge in [-0.05, 0) is 47.3 Å². The second-order valence-electron chi connectivity index (χ2n) is 4.54. The van der Waals surface area contributed by atoms with Gasteiger partial charge in [0.1, 0.15) is 5.82 Å². The molecule has 0 amide bonds. The maximum absolute atomic E-state index is 5.90. The van der Waals surface area contributed by atoms with Crippen LogP contribution in [0.3, 0.4) is 0 Å². The smallest absolute Gasteiger partial charge is 0.126 e. The van der Waals surface area contributed by atoms with Gasteiger partial charge in [-0.15, -0.1) is 0 Å². The highest BCUT2D eigenvalue weighted by Gasteiger charge is 2.31. The number of halogens is 1. The van der Waals surface area contributed by atoms with Crippen LogP contribution in [0.25, 0.3) is 0 Å². The fourth-order valence-electron chi connectivity index (χ4n) is 2.02. The number of hydrogen-bond donors (Lipinski definition) is 2. The standard InChI is InChI=1S/C12H18BrN3O/c1-9-6-11(15-7-10(9)13)16-12(8-14)2-4-17-5-3-12/h6-7H,2-5,8,14H2,1H3,(H,15,16). The molecule has 0 spiro atoms. The van der Waals surface area contributed by atoms with Crippen LogP contribution in [0.4, 0.5) is 5.82 Å². The molecule has 0 unspecified atom stereocenters. The molecule has 1 fully saturated rings. The summed E-state index contributed by atoms with van der Waals surface area (Å²) in [4.78, 5) is 4.37. The SMILES string of the molecule is Cc1cc(NC2(CN)CCOCC2)ncc1Br. The second kappa shape index (κ2) is 5.33. The molecule has 1 aliphatic rings. The summed E-state index contributed by atoms with van der Waals surface area (Å²) in [5.74, 6) is 0.887. The van der Waals surface area contributed by atoms with Crippen LogP contribution < -0.4 is 11.1 Å². The zero-order valence-electron chi connectivity index (χ0n) is 10.0. The van der Waals surface area contributed by atoms with Gasteiger partial charge in [-0.3, -0.25) is 0 Å². The highest BCUT2D eigenvalue weighted by molar-refractivity contribution is 9.10. The molecular formula is C12H18BrN3O. The number of pyridine rings is 1. The van der Waals surface area contributed by atoms with Crippen molar-refractivity contribution in [2.75, 3.05) is 25.1 Å². The van der Waals surface area contributed by atoms with Crippen LogP contribution in [-0.4, -0.2) is 30.3 Å². The molecule has 2 rings (SSSR count). The first-order valence-corrected chi connectivity index (χ1v) is 6.63. The summed E-state index contributed by atoms with van der Waals surface area (Å²) in [6, 6.07) is 2.04. The maximum atomic E-state index is 5.90. The quantitative estimate of drug-likeness (QED) is 0.897. The summed E-state index contributed by atoms with van der Waals surface area (Å²) in [7, 11) is 0. The van der Waals surface area contributed by atoms with Crippen LogP contribution >= 0.6 is 15.9 Å². The molecule has 0 bridgehead atoms. The Bertz CT molecular complexity index is 391. The number of nitrogens with two attached hydrogens (primary N) is 1. The Morgan fingerprint density at radius 1 is 1.53 bits per heavy atom. The van der Waals surface area contributed by atoms with Gasteiger partial charge in [0.15, 0.2) is 0 Å². The van der Waals surface area contributed by atoms with Crippen molar-refractivity contribution >= 4 is 21.7 Å². The molecule has 17 heavy (non-hydrogen) atoms. The molecule has 0 aliphatic carbocycles. The fourth-order valence-corrected chi connectivity index (χ4v) is 2.24. The van der Waals surface area contributed by atoms with Crippen molar-refractivity contribution in [2.24, 2.45) is 5.73 Å². The van der Waals surface area contributed by atoms with Crippen molar-refractivity contribution in [1.29, 1.82) is 0 Å². The first kappa shape index (κ1) is 12.8. The van der Waals surface area contributed by atoms with Crippen molar-refractivity contribution in [3.05, 3.63) is 22.3 Å². The monoisotopic (exact) mass is 299 g/mol. The van der Waals surface area contributed by atoms with Crippen LogP contribution in [0.5, 0.6) is 0 Å². The zero-order chi connectivity index (χ0) is 12.3. The third-order valence-corrected chi connectivity index (χ3v) is 4.11. The zero-order valence-corrected chi connectivity index (χ0v) is 11.6. The topological polar surface area (TPSA) is 60.2 Å². The van der Waals surface area contributed by atoms with Crippen molar-refractivity contribution in [1.82, 2.24) is 4.98 Å². The van der Waals surface area contributed by atoms with Gasteiger partial charge < -0.3 is 15.8 Å². The Labute approximate surface area is 110 Å². The largest absolute Gasteiger partial charge is 0.381 e. The number of hydrogen-bond acceptors (Lipinski definition) is 4. The number of aromatic nitrogens is 1. The number of nitrogens with one attached hydrogen (secondary N) is 1. The third kappa shape index (κ3) is 2.97. The second-order valence-corrected chi connectivity index (χ2v) is 5.39. The van der Waals surface area contributed by atoms with E-state index in [0.717, 1.165) is 36.3 Å². The highest BCUT2D eigenvalue weighted by Crippen LogP contribution is 2.25. The number of nitrogens with zero attached hydrogens (tertiary/aromatic N) is 1. The molecule has 5 heteroatoms. The van der Waals surface area contributed by atoms with E-state index in [1.165, 1.54) is 5.56 Å². The van der Waals surface area contributed by atoms with Crippen molar-refractivity contribution in [3.63, 3.8) is 0 Å². The Morgan fingerprint density at radius 2 is 2.24 bits per heavy atom. The van der Waals surface area contributed by atoms with E-state index < -0.39 is 0 Å². The van der Waals surface area contributed by atoms with E-state index in [2.05, 4.69) is 33.2 Å². The van der Waals surface area contributed by atoms with Crippen molar-refractivity contribution < 1.29 is 4.74 Å². The number of ether oxygens (including phenoxy) is 1. The number of anilines is 1. The lowest BCUT2D eigenvalue weighted by molar-refractivity contribution is 0.0627. The van der Waals surface area contributed by atoms with Crippen molar-refractivity contribution in [2.45, 2.75) is 25.3 Å². The summed E-state index contributed by atoms with van der Waals surface area (Å²) in [6.45, 7) is 4.18. The molecule has 0 atom stereocenters. The van der Waals surface area contributed by atoms with Gasteiger partial charge in [-0.1, -0.05) is 0 Å². The van der Waals surface area contributed by atoms with Crippen LogP contribution in [0.15, 0.2) is 16.7 Å². The molecule has 4 nitrogen and oxygen atoms in total. The Hall–Kier alpha value is -0.650. The summed E-state index contributed by atoms with van der Waals surface area (Å²) in [5, 5.41) is 3.48. The third-order valence-electron chi connectivity index (χ3n) is 3.28. The van der Waals surface area contributed by atoms with Crippen LogP contribution in [0.2, 0.25) is 0 Å². The lowest BCUT2D eigenvalue weighted by Gasteiger charge is -2.37. The fraction of sp³-hybridized carbons (Fsp3) is 0.583. The summed E-state index contributed by atoms with van der Waals surface area (Å²) < 4.78 is 6.41. The lowest BCUT2D eigenvalue weighted by Crippen LogP contribution is -2.49. The molecule has 3 N–H and O–H groups in total. The van der Waals surface area contributed by atoms with Crippen LogP contribution in [0.1, 0.15) is 18.4 Å². The summed E-state index contributed by atoms with van der Waals surface area (Å²) >= 11 is 3.45. The van der Waals surface area contributed by atoms with E-state index in [9.17, 15) is 0 Å². The van der Waals surface area contributed by atoms with Gasteiger partial charge >= 0.3 is 0 Å².